The van der Waals surface area contributed by atoms with Gasteiger partial charge in [0.2, 0.25) is 0 Å². The van der Waals surface area contributed by atoms with Crippen LogP contribution < -0.4 is 10.6 Å². The van der Waals surface area contributed by atoms with E-state index in [0.29, 0.717) is 11.1 Å². The van der Waals surface area contributed by atoms with Crippen molar-refractivity contribution in [2.75, 3.05) is 52.6 Å². The molecule has 0 heterocycles. The van der Waals surface area contributed by atoms with Gasteiger partial charge in [0.1, 0.15) is 0 Å². The molecule has 26 heavy (non-hydrogen) atoms. The van der Waals surface area contributed by atoms with Crippen molar-refractivity contribution < 1.29 is 17.7 Å². The fraction of sp³-hybridized carbons (Fsp3) is 1.00. The van der Waals surface area contributed by atoms with Crippen molar-refractivity contribution in [1.29, 1.82) is 0 Å². The second-order valence-electron chi connectivity index (χ2n) is 6.59. The molecule has 0 saturated heterocycles. The van der Waals surface area contributed by atoms with Crippen LogP contribution in [-0.2, 0) is 17.7 Å². The number of hydrogen-bond acceptors (Lipinski definition) is 6. The number of hydrogen-bond donors (Lipinski definition) is 2. The largest absolute Gasteiger partial charge is 0.397 e. The average Bonchev–Trinajstić information content (AvgIpc) is 2.63. The SMILES string of the molecule is CCO[SiH](OCC)C(C)CCNCCNCCC(C)[SiH](OCC)OCC. The first-order valence-electron chi connectivity index (χ1n) is 10.5. The zero-order valence-corrected chi connectivity index (χ0v) is 20.3. The van der Waals surface area contributed by atoms with Gasteiger partial charge < -0.3 is 28.3 Å². The second-order valence-corrected chi connectivity index (χ2v) is 11.7. The smallest absolute Gasteiger partial charge is 0.324 e. The summed E-state index contributed by atoms with van der Waals surface area (Å²) < 4.78 is 23.2. The van der Waals surface area contributed by atoms with Gasteiger partial charge >= 0.3 is 18.6 Å². The molecule has 0 rings (SSSR count). The van der Waals surface area contributed by atoms with Gasteiger partial charge in [0, 0.05) is 39.5 Å². The minimum Gasteiger partial charge on any atom is -0.397 e. The second kappa shape index (κ2) is 18.6. The predicted octanol–water partition coefficient (Wildman–Crippen LogP) is 2.31. The molecule has 0 saturated carbocycles. The normalized spacial score (nSPS) is 14.3. The lowest BCUT2D eigenvalue weighted by molar-refractivity contribution is 0.203. The Kier molecular flexibility index (Phi) is 18.7. The van der Waals surface area contributed by atoms with Crippen molar-refractivity contribution in [3.8, 4) is 0 Å². The van der Waals surface area contributed by atoms with Crippen LogP contribution in [0.5, 0.6) is 0 Å². The zero-order chi connectivity index (χ0) is 19.6. The van der Waals surface area contributed by atoms with Crippen LogP contribution >= 0.6 is 0 Å². The lowest BCUT2D eigenvalue weighted by atomic mass is 10.3. The van der Waals surface area contributed by atoms with Crippen molar-refractivity contribution in [3.63, 3.8) is 0 Å². The maximum absolute atomic E-state index is 5.79. The van der Waals surface area contributed by atoms with E-state index < -0.39 is 18.6 Å². The molecule has 0 aromatic carbocycles. The molecule has 0 aliphatic carbocycles. The molecule has 0 radical (unpaired) electrons. The predicted molar refractivity (Wildman–Crippen MR) is 115 cm³/mol. The third-order valence-electron chi connectivity index (χ3n) is 4.28. The maximum atomic E-state index is 5.79. The Bertz CT molecular complexity index is 264. The van der Waals surface area contributed by atoms with Gasteiger partial charge in [-0.15, -0.1) is 0 Å². The zero-order valence-electron chi connectivity index (χ0n) is 18.0. The molecule has 8 heteroatoms. The van der Waals surface area contributed by atoms with Crippen LogP contribution in [0.25, 0.3) is 0 Å². The molecule has 0 spiro atoms. The van der Waals surface area contributed by atoms with Gasteiger partial charge in [-0.3, -0.25) is 0 Å². The quantitative estimate of drug-likeness (QED) is 0.253. The molecule has 6 nitrogen and oxygen atoms in total. The van der Waals surface area contributed by atoms with E-state index in [4.69, 9.17) is 17.7 Å². The van der Waals surface area contributed by atoms with E-state index in [1.165, 1.54) is 0 Å². The molecule has 0 fully saturated rings. The van der Waals surface area contributed by atoms with Crippen molar-refractivity contribution >= 4 is 18.6 Å². The van der Waals surface area contributed by atoms with Crippen LogP contribution in [0, 0.1) is 0 Å². The molecule has 0 amide bonds. The Morgan fingerprint density at radius 2 is 0.885 bits per heavy atom. The third kappa shape index (κ3) is 13.4. The van der Waals surface area contributed by atoms with Crippen LogP contribution in [0.15, 0.2) is 0 Å². The molecule has 0 aromatic heterocycles. The Hall–Kier alpha value is 0.194. The Morgan fingerprint density at radius 1 is 0.577 bits per heavy atom. The van der Waals surface area contributed by atoms with Gasteiger partial charge in [0.15, 0.2) is 0 Å². The van der Waals surface area contributed by atoms with Gasteiger partial charge in [-0.25, -0.2) is 0 Å². The molecule has 0 bridgehead atoms. The van der Waals surface area contributed by atoms with E-state index in [2.05, 4.69) is 24.5 Å². The minimum absolute atomic E-state index is 0.537. The van der Waals surface area contributed by atoms with Gasteiger partial charge in [0.05, 0.1) is 0 Å². The highest BCUT2D eigenvalue weighted by molar-refractivity contribution is 6.46. The van der Waals surface area contributed by atoms with Crippen molar-refractivity contribution in [3.05, 3.63) is 0 Å². The molecular formula is C18H44N2O4Si2. The summed E-state index contributed by atoms with van der Waals surface area (Å²) in [4.78, 5) is 0. The van der Waals surface area contributed by atoms with E-state index in [1.807, 2.05) is 27.7 Å². The Morgan fingerprint density at radius 3 is 1.15 bits per heavy atom. The summed E-state index contributed by atoms with van der Waals surface area (Å²) >= 11 is 0. The molecule has 158 valence electrons. The lowest BCUT2D eigenvalue weighted by Crippen LogP contribution is -2.33. The monoisotopic (exact) mass is 408 g/mol. The summed E-state index contributed by atoms with van der Waals surface area (Å²) in [6.07, 6.45) is 2.23. The fourth-order valence-electron chi connectivity index (χ4n) is 2.77. The Balaban J connectivity index is 3.68. The molecule has 0 aromatic rings. The molecule has 0 aliphatic rings. The van der Waals surface area contributed by atoms with Crippen molar-refractivity contribution in [2.45, 2.75) is 65.5 Å². The van der Waals surface area contributed by atoms with E-state index in [-0.39, 0.29) is 0 Å². The van der Waals surface area contributed by atoms with Crippen LogP contribution in [0.1, 0.15) is 54.4 Å². The summed E-state index contributed by atoms with van der Waals surface area (Å²) in [5.41, 5.74) is 1.07. The number of nitrogens with one attached hydrogen (secondary N) is 2. The highest BCUT2D eigenvalue weighted by Crippen LogP contribution is 2.16. The van der Waals surface area contributed by atoms with E-state index >= 15 is 0 Å². The minimum atomic E-state index is -1.51. The summed E-state index contributed by atoms with van der Waals surface area (Å²) in [7, 11) is -3.01. The van der Waals surface area contributed by atoms with Crippen LogP contribution in [0.2, 0.25) is 11.1 Å². The first-order chi connectivity index (χ1) is 12.6. The number of rotatable bonds is 19. The van der Waals surface area contributed by atoms with Gasteiger partial charge in [0.25, 0.3) is 0 Å². The topological polar surface area (TPSA) is 61.0 Å². The molecular weight excluding hydrogens is 364 g/mol. The van der Waals surface area contributed by atoms with E-state index in [1.54, 1.807) is 0 Å². The van der Waals surface area contributed by atoms with Crippen LogP contribution in [0.3, 0.4) is 0 Å². The first kappa shape index (κ1) is 26.2. The highest BCUT2D eigenvalue weighted by Gasteiger charge is 2.21. The summed E-state index contributed by atoms with van der Waals surface area (Å²) in [5.74, 6) is 0. The third-order valence-corrected chi connectivity index (χ3v) is 9.46. The van der Waals surface area contributed by atoms with Gasteiger partial charge in [-0.05, 0) is 64.7 Å². The van der Waals surface area contributed by atoms with E-state index in [9.17, 15) is 0 Å². The van der Waals surface area contributed by atoms with Gasteiger partial charge in [-0.1, -0.05) is 13.8 Å². The van der Waals surface area contributed by atoms with Crippen molar-refractivity contribution in [1.82, 2.24) is 10.6 Å². The summed E-state index contributed by atoms with van der Waals surface area (Å²) in [6, 6.07) is 0. The van der Waals surface area contributed by atoms with Crippen LogP contribution in [0.4, 0.5) is 0 Å². The fourth-order valence-corrected chi connectivity index (χ4v) is 6.47. The summed E-state index contributed by atoms with van der Waals surface area (Å²) in [6.45, 7) is 19.7. The average molecular weight is 409 g/mol. The summed E-state index contributed by atoms with van der Waals surface area (Å²) in [5, 5.41) is 7.03. The highest BCUT2D eigenvalue weighted by atomic mass is 28.3. The van der Waals surface area contributed by atoms with Crippen molar-refractivity contribution in [2.24, 2.45) is 0 Å². The molecule has 0 aliphatic heterocycles. The molecule has 2 atom stereocenters. The molecule has 2 unspecified atom stereocenters. The maximum Gasteiger partial charge on any atom is 0.324 e. The lowest BCUT2D eigenvalue weighted by Gasteiger charge is -2.22. The standard InChI is InChI=1S/C18H44N2O4Si2/c1-7-21-25(22-8-2)17(5)11-13-19-15-16-20-14-12-18(6)26(23-9-3)24-10-4/h17-20,25-26H,7-16H2,1-6H3. The van der Waals surface area contributed by atoms with Crippen LogP contribution in [-0.4, -0.2) is 71.2 Å². The Labute approximate surface area is 165 Å². The van der Waals surface area contributed by atoms with E-state index in [0.717, 1.165) is 65.4 Å². The molecule has 2 N–H and O–H groups in total. The first-order valence-corrected chi connectivity index (χ1v) is 13.7. The van der Waals surface area contributed by atoms with Gasteiger partial charge in [-0.2, -0.15) is 0 Å².